The van der Waals surface area contributed by atoms with Gasteiger partial charge in [0.2, 0.25) is 0 Å². The zero-order valence-electron chi connectivity index (χ0n) is 13.6. The molecule has 24 heavy (non-hydrogen) atoms. The maximum absolute atomic E-state index is 12.4. The predicted octanol–water partition coefficient (Wildman–Crippen LogP) is 3.90. The molecule has 1 aromatic carbocycles. The van der Waals surface area contributed by atoms with Crippen molar-refractivity contribution in [1.82, 2.24) is 9.97 Å². The van der Waals surface area contributed by atoms with E-state index in [2.05, 4.69) is 15.3 Å². The minimum atomic E-state index is -0.413. The SMILES string of the molecule is CCOc1ccc(NC(=O)c2nc(SC)ncc2Cl)cc1OCC. The largest absolute Gasteiger partial charge is 0.490 e. The molecule has 8 heteroatoms. The van der Waals surface area contributed by atoms with Crippen LogP contribution in [-0.2, 0) is 0 Å². The van der Waals surface area contributed by atoms with Crippen molar-refractivity contribution < 1.29 is 14.3 Å². The quantitative estimate of drug-likeness (QED) is 0.591. The van der Waals surface area contributed by atoms with Crippen LogP contribution in [-0.4, -0.2) is 35.3 Å². The number of halogens is 1. The molecule has 1 heterocycles. The number of thioether (sulfide) groups is 1. The molecular formula is C16H18ClN3O3S. The van der Waals surface area contributed by atoms with E-state index in [-0.39, 0.29) is 10.7 Å². The highest BCUT2D eigenvalue weighted by molar-refractivity contribution is 7.98. The fourth-order valence-corrected chi connectivity index (χ4v) is 2.45. The normalized spacial score (nSPS) is 10.3. The van der Waals surface area contributed by atoms with Crippen LogP contribution in [0.2, 0.25) is 5.02 Å². The van der Waals surface area contributed by atoms with Crippen molar-refractivity contribution in [3.8, 4) is 11.5 Å². The van der Waals surface area contributed by atoms with Gasteiger partial charge in [-0.1, -0.05) is 23.4 Å². The van der Waals surface area contributed by atoms with E-state index in [1.807, 2.05) is 20.1 Å². The number of carbonyl (C=O) groups is 1. The van der Waals surface area contributed by atoms with Crippen molar-refractivity contribution in [2.24, 2.45) is 0 Å². The zero-order chi connectivity index (χ0) is 17.5. The molecule has 0 fully saturated rings. The van der Waals surface area contributed by atoms with Crippen molar-refractivity contribution in [2.45, 2.75) is 19.0 Å². The lowest BCUT2D eigenvalue weighted by Crippen LogP contribution is -2.15. The van der Waals surface area contributed by atoms with Crippen molar-refractivity contribution >= 4 is 35.0 Å². The number of hydrogen-bond donors (Lipinski definition) is 1. The second-order valence-electron chi connectivity index (χ2n) is 4.53. The number of anilines is 1. The number of ether oxygens (including phenoxy) is 2. The second-order valence-corrected chi connectivity index (χ2v) is 5.72. The van der Waals surface area contributed by atoms with Gasteiger partial charge in [0.05, 0.1) is 24.4 Å². The Hall–Kier alpha value is -1.99. The summed E-state index contributed by atoms with van der Waals surface area (Å²) < 4.78 is 11.0. The van der Waals surface area contributed by atoms with Gasteiger partial charge < -0.3 is 14.8 Å². The Morgan fingerprint density at radius 2 is 1.96 bits per heavy atom. The minimum absolute atomic E-state index is 0.128. The molecule has 0 bridgehead atoms. The van der Waals surface area contributed by atoms with Crippen LogP contribution in [0.5, 0.6) is 11.5 Å². The second kappa shape index (κ2) is 8.75. The number of aromatic nitrogens is 2. The van der Waals surface area contributed by atoms with Crippen LogP contribution < -0.4 is 14.8 Å². The van der Waals surface area contributed by atoms with Crippen LogP contribution >= 0.6 is 23.4 Å². The standard InChI is InChI=1S/C16H18ClN3O3S/c1-4-22-12-7-6-10(8-13(12)23-5-2)19-15(21)14-11(17)9-18-16(20-14)24-3/h6-9H,4-5H2,1-3H3,(H,19,21). The number of nitrogens with one attached hydrogen (secondary N) is 1. The average Bonchev–Trinajstić information content (AvgIpc) is 2.58. The Kier molecular flexibility index (Phi) is 6.69. The van der Waals surface area contributed by atoms with Crippen LogP contribution in [0.1, 0.15) is 24.3 Å². The molecule has 0 aliphatic carbocycles. The molecule has 6 nitrogen and oxygen atoms in total. The lowest BCUT2D eigenvalue weighted by atomic mass is 10.2. The Morgan fingerprint density at radius 3 is 2.62 bits per heavy atom. The third kappa shape index (κ3) is 4.52. The van der Waals surface area contributed by atoms with Crippen LogP contribution in [0.25, 0.3) is 0 Å². The first-order valence-corrected chi connectivity index (χ1v) is 8.96. The summed E-state index contributed by atoms with van der Waals surface area (Å²) in [4.78, 5) is 20.6. The van der Waals surface area contributed by atoms with Gasteiger partial charge in [0, 0.05) is 11.8 Å². The first-order valence-electron chi connectivity index (χ1n) is 7.36. The van der Waals surface area contributed by atoms with E-state index < -0.39 is 5.91 Å². The molecule has 2 rings (SSSR count). The van der Waals surface area contributed by atoms with Gasteiger partial charge in [0.15, 0.2) is 22.3 Å². The molecular weight excluding hydrogens is 350 g/mol. The van der Waals surface area contributed by atoms with E-state index in [0.29, 0.717) is 35.6 Å². The molecule has 1 amide bonds. The fraction of sp³-hybridized carbons (Fsp3) is 0.312. The number of benzene rings is 1. The van der Waals surface area contributed by atoms with Crippen molar-refractivity contribution in [2.75, 3.05) is 24.8 Å². The Labute approximate surface area is 149 Å². The molecule has 0 aliphatic rings. The van der Waals surface area contributed by atoms with Gasteiger partial charge in [-0.15, -0.1) is 0 Å². The third-order valence-corrected chi connectivity index (χ3v) is 3.76. The predicted molar refractivity (Wildman–Crippen MR) is 95.6 cm³/mol. The van der Waals surface area contributed by atoms with Crippen LogP contribution in [0.4, 0.5) is 5.69 Å². The summed E-state index contributed by atoms with van der Waals surface area (Å²) in [5.41, 5.74) is 0.690. The lowest BCUT2D eigenvalue weighted by molar-refractivity contribution is 0.102. The molecule has 0 aliphatic heterocycles. The van der Waals surface area contributed by atoms with Gasteiger partial charge in [0.25, 0.3) is 5.91 Å². The molecule has 0 atom stereocenters. The first-order chi connectivity index (χ1) is 11.6. The molecule has 0 saturated carbocycles. The maximum Gasteiger partial charge on any atom is 0.275 e. The van der Waals surface area contributed by atoms with Crippen molar-refractivity contribution in [1.29, 1.82) is 0 Å². The highest BCUT2D eigenvalue weighted by Gasteiger charge is 2.15. The van der Waals surface area contributed by atoms with Gasteiger partial charge in [-0.05, 0) is 32.2 Å². The van der Waals surface area contributed by atoms with Crippen LogP contribution in [0, 0.1) is 0 Å². The summed E-state index contributed by atoms with van der Waals surface area (Å²) in [7, 11) is 0. The first kappa shape index (κ1) is 18.4. The molecule has 1 aromatic heterocycles. The highest BCUT2D eigenvalue weighted by atomic mass is 35.5. The number of hydrogen-bond acceptors (Lipinski definition) is 6. The molecule has 0 unspecified atom stereocenters. The molecule has 0 spiro atoms. The van der Waals surface area contributed by atoms with Crippen molar-refractivity contribution in [3.05, 3.63) is 35.1 Å². The minimum Gasteiger partial charge on any atom is -0.490 e. The van der Waals surface area contributed by atoms with Gasteiger partial charge in [0.1, 0.15) is 0 Å². The maximum atomic E-state index is 12.4. The van der Waals surface area contributed by atoms with Gasteiger partial charge >= 0.3 is 0 Å². The molecule has 1 N–H and O–H groups in total. The third-order valence-electron chi connectivity index (χ3n) is 2.92. The Balaban J connectivity index is 2.24. The lowest BCUT2D eigenvalue weighted by Gasteiger charge is -2.13. The number of nitrogens with zero attached hydrogens (tertiary/aromatic N) is 2. The van der Waals surface area contributed by atoms with Gasteiger partial charge in [-0.25, -0.2) is 9.97 Å². The summed E-state index contributed by atoms with van der Waals surface area (Å²) in [6.45, 7) is 4.80. The van der Waals surface area contributed by atoms with Crippen molar-refractivity contribution in [3.63, 3.8) is 0 Å². The number of amides is 1. The smallest absolute Gasteiger partial charge is 0.275 e. The number of rotatable bonds is 7. The molecule has 2 aromatic rings. The zero-order valence-corrected chi connectivity index (χ0v) is 15.2. The summed E-state index contributed by atoms with van der Waals surface area (Å²) >= 11 is 7.36. The van der Waals surface area contributed by atoms with Gasteiger partial charge in [-0.3, -0.25) is 4.79 Å². The monoisotopic (exact) mass is 367 g/mol. The molecule has 0 radical (unpaired) electrons. The molecule has 128 valence electrons. The highest BCUT2D eigenvalue weighted by Crippen LogP contribution is 2.31. The van der Waals surface area contributed by atoms with E-state index in [4.69, 9.17) is 21.1 Å². The van der Waals surface area contributed by atoms with E-state index >= 15 is 0 Å². The summed E-state index contributed by atoms with van der Waals surface area (Å²) in [5, 5.41) is 3.43. The summed E-state index contributed by atoms with van der Waals surface area (Å²) in [6.07, 6.45) is 3.24. The fourth-order valence-electron chi connectivity index (χ4n) is 1.93. The average molecular weight is 368 g/mol. The topological polar surface area (TPSA) is 73.3 Å². The number of carbonyl (C=O) groups excluding carboxylic acids is 1. The van der Waals surface area contributed by atoms with Crippen LogP contribution in [0.15, 0.2) is 29.6 Å². The molecule has 0 saturated heterocycles. The Bertz CT molecular complexity index is 728. The summed E-state index contributed by atoms with van der Waals surface area (Å²) in [6, 6.07) is 5.19. The van der Waals surface area contributed by atoms with E-state index in [1.54, 1.807) is 18.2 Å². The van der Waals surface area contributed by atoms with Crippen LogP contribution in [0.3, 0.4) is 0 Å². The summed E-state index contributed by atoms with van der Waals surface area (Å²) in [5.74, 6) is 0.780. The van der Waals surface area contributed by atoms with E-state index in [0.717, 1.165) is 0 Å². The van der Waals surface area contributed by atoms with E-state index in [1.165, 1.54) is 18.0 Å². The van der Waals surface area contributed by atoms with E-state index in [9.17, 15) is 4.79 Å². The Morgan fingerprint density at radius 1 is 1.25 bits per heavy atom. The van der Waals surface area contributed by atoms with Gasteiger partial charge in [-0.2, -0.15) is 0 Å².